The van der Waals surface area contributed by atoms with Crippen molar-refractivity contribution in [3.63, 3.8) is 0 Å². The van der Waals surface area contributed by atoms with Gasteiger partial charge in [-0.25, -0.2) is 15.0 Å². The number of aryl methyl sites for hydroxylation is 2. The predicted octanol–water partition coefficient (Wildman–Crippen LogP) is 1.38. The van der Waals surface area contributed by atoms with Crippen LogP contribution in [0.5, 0.6) is 0 Å². The first-order chi connectivity index (χ1) is 8.61. The normalized spacial score (nSPS) is 12.4. The second-order valence-corrected chi connectivity index (χ2v) is 4.33. The van der Waals surface area contributed by atoms with Crippen LogP contribution >= 0.6 is 0 Å². The van der Waals surface area contributed by atoms with Crippen molar-refractivity contribution in [1.82, 2.24) is 20.3 Å². The topological polar surface area (TPSA) is 76.7 Å². The summed E-state index contributed by atoms with van der Waals surface area (Å²) >= 11 is 0. The highest BCUT2D eigenvalue weighted by Crippen LogP contribution is 2.23. The zero-order valence-corrected chi connectivity index (χ0v) is 10.8. The van der Waals surface area contributed by atoms with Gasteiger partial charge in [-0.05, 0) is 38.1 Å². The Bertz CT molecular complexity index is 536. The van der Waals surface area contributed by atoms with E-state index in [2.05, 4.69) is 20.3 Å². The summed E-state index contributed by atoms with van der Waals surface area (Å²) in [6, 6.07) is 1.87. The number of hydrogen-bond donors (Lipinski definition) is 2. The molecule has 0 aliphatic carbocycles. The van der Waals surface area contributed by atoms with E-state index in [-0.39, 0.29) is 6.04 Å². The Labute approximate surface area is 106 Å². The summed E-state index contributed by atoms with van der Waals surface area (Å²) in [5.74, 6) is 1.20. The first kappa shape index (κ1) is 12.4. The highest BCUT2D eigenvalue weighted by atomic mass is 15.0. The molecule has 0 aliphatic heterocycles. The molecule has 0 saturated heterocycles. The van der Waals surface area contributed by atoms with Crippen molar-refractivity contribution in [1.29, 1.82) is 0 Å². The fourth-order valence-corrected chi connectivity index (χ4v) is 1.81. The maximum atomic E-state index is 5.93. The first-order valence-corrected chi connectivity index (χ1v) is 5.79. The van der Waals surface area contributed by atoms with Gasteiger partial charge in [0.05, 0.1) is 6.04 Å². The number of rotatable bonds is 3. The number of hydrogen-bond acceptors (Lipinski definition) is 5. The molecule has 3 N–H and O–H groups in total. The Morgan fingerprint density at radius 2 is 1.67 bits per heavy atom. The second-order valence-electron chi connectivity index (χ2n) is 4.33. The van der Waals surface area contributed by atoms with Gasteiger partial charge in [-0.2, -0.15) is 0 Å². The van der Waals surface area contributed by atoms with E-state index >= 15 is 0 Å². The van der Waals surface area contributed by atoms with Crippen LogP contribution in [0.4, 0.5) is 5.82 Å². The minimum Gasteiger partial charge on any atom is -0.383 e. The molecule has 0 aromatic carbocycles. The van der Waals surface area contributed by atoms with Gasteiger partial charge in [0.1, 0.15) is 11.6 Å². The molecular formula is C13H17N5. The highest BCUT2D eigenvalue weighted by Gasteiger charge is 2.18. The van der Waals surface area contributed by atoms with Crippen molar-refractivity contribution in [2.75, 3.05) is 12.8 Å². The van der Waals surface area contributed by atoms with E-state index in [4.69, 9.17) is 5.73 Å². The number of nitrogen functional groups attached to an aromatic ring is 1. The van der Waals surface area contributed by atoms with E-state index in [9.17, 15) is 0 Å². The molecule has 1 atom stereocenters. The standard InChI is InChI=1S/C13H17N5/c1-8-4-10(12(14)16-5-8)11(15-3)13-17-6-9(2)7-18-13/h4-7,11,15H,1-3H3,(H2,14,16). The predicted molar refractivity (Wildman–Crippen MR) is 71.1 cm³/mol. The Kier molecular flexibility index (Phi) is 3.53. The molecule has 94 valence electrons. The molecule has 0 amide bonds. The van der Waals surface area contributed by atoms with Crippen LogP contribution in [-0.4, -0.2) is 22.0 Å². The van der Waals surface area contributed by atoms with Crippen molar-refractivity contribution in [2.45, 2.75) is 19.9 Å². The second kappa shape index (κ2) is 5.10. The van der Waals surface area contributed by atoms with Crippen LogP contribution in [0.2, 0.25) is 0 Å². The summed E-state index contributed by atoms with van der Waals surface area (Å²) in [4.78, 5) is 12.9. The number of nitrogens with one attached hydrogen (secondary N) is 1. The Morgan fingerprint density at radius 3 is 2.28 bits per heavy atom. The fourth-order valence-electron chi connectivity index (χ4n) is 1.81. The number of nitrogens with zero attached hydrogens (tertiary/aromatic N) is 3. The Hall–Kier alpha value is -2.01. The summed E-state index contributed by atoms with van der Waals surface area (Å²) in [7, 11) is 1.86. The van der Waals surface area contributed by atoms with Crippen LogP contribution in [-0.2, 0) is 0 Å². The molecule has 0 radical (unpaired) electrons. The smallest absolute Gasteiger partial charge is 0.149 e. The van der Waals surface area contributed by atoms with Crippen LogP contribution in [0.15, 0.2) is 24.7 Å². The van der Waals surface area contributed by atoms with Gasteiger partial charge in [-0.15, -0.1) is 0 Å². The van der Waals surface area contributed by atoms with E-state index in [1.54, 1.807) is 18.6 Å². The van der Waals surface area contributed by atoms with E-state index in [0.717, 1.165) is 16.7 Å². The van der Waals surface area contributed by atoms with Gasteiger partial charge in [0.15, 0.2) is 0 Å². The Morgan fingerprint density at radius 1 is 1.06 bits per heavy atom. The third kappa shape index (κ3) is 2.46. The number of nitrogens with two attached hydrogens (primary N) is 1. The number of pyridine rings is 1. The minimum absolute atomic E-state index is 0.141. The lowest BCUT2D eigenvalue weighted by molar-refractivity contribution is 0.644. The van der Waals surface area contributed by atoms with Crippen LogP contribution in [0.1, 0.15) is 28.6 Å². The average molecular weight is 243 g/mol. The summed E-state index contributed by atoms with van der Waals surface area (Å²) in [5.41, 5.74) is 8.92. The van der Waals surface area contributed by atoms with Crippen molar-refractivity contribution in [3.05, 3.63) is 47.2 Å². The molecule has 0 fully saturated rings. The van der Waals surface area contributed by atoms with Crippen LogP contribution in [0.3, 0.4) is 0 Å². The lowest BCUT2D eigenvalue weighted by Crippen LogP contribution is -2.22. The summed E-state index contributed by atoms with van der Waals surface area (Å²) in [6.45, 7) is 3.94. The SMILES string of the molecule is CNC(c1ncc(C)cn1)c1cc(C)cnc1N. The molecule has 0 saturated carbocycles. The molecule has 2 aromatic rings. The van der Waals surface area contributed by atoms with E-state index < -0.39 is 0 Å². The van der Waals surface area contributed by atoms with Crippen LogP contribution in [0.25, 0.3) is 0 Å². The van der Waals surface area contributed by atoms with Crippen LogP contribution in [0, 0.1) is 13.8 Å². The molecule has 0 spiro atoms. The molecule has 2 aromatic heterocycles. The lowest BCUT2D eigenvalue weighted by atomic mass is 10.1. The Balaban J connectivity index is 2.44. The maximum Gasteiger partial charge on any atom is 0.149 e. The summed E-state index contributed by atoms with van der Waals surface area (Å²) in [5, 5.41) is 3.18. The van der Waals surface area contributed by atoms with Gasteiger partial charge in [0, 0.05) is 24.2 Å². The molecule has 1 unspecified atom stereocenters. The largest absolute Gasteiger partial charge is 0.383 e. The molecule has 5 heteroatoms. The van der Waals surface area contributed by atoms with E-state index in [1.165, 1.54) is 0 Å². The summed E-state index contributed by atoms with van der Waals surface area (Å²) in [6.07, 6.45) is 5.35. The van der Waals surface area contributed by atoms with Crippen molar-refractivity contribution in [3.8, 4) is 0 Å². The first-order valence-electron chi connectivity index (χ1n) is 5.79. The zero-order valence-electron chi connectivity index (χ0n) is 10.8. The molecule has 5 nitrogen and oxygen atoms in total. The molecular weight excluding hydrogens is 226 g/mol. The minimum atomic E-state index is -0.141. The van der Waals surface area contributed by atoms with Crippen molar-refractivity contribution in [2.24, 2.45) is 0 Å². The van der Waals surface area contributed by atoms with Gasteiger partial charge < -0.3 is 11.1 Å². The molecule has 2 heterocycles. The number of aromatic nitrogens is 3. The van der Waals surface area contributed by atoms with E-state index in [0.29, 0.717) is 11.6 Å². The molecule has 0 aliphatic rings. The van der Waals surface area contributed by atoms with Crippen molar-refractivity contribution >= 4 is 5.82 Å². The molecule has 2 rings (SSSR count). The van der Waals surface area contributed by atoms with Gasteiger partial charge in [-0.3, -0.25) is 0 Å². The van der Waals surface area contributed by atoms with Gasteiger partial charge in [-0.1, -0.05) is 0 Å². The molecule has 18 heavy (non-hydrogen) atoms. The third-order valence-electron chi connectivity index (χ3n) is 2.74. The quantitative estimate of drug-likeness (QED) is 0.851. The lowest BCUT2D eigenvalue weighted by Gasteiger charge is -2.17. The van der Waals surface area contributed by atoms with Crippen LogP contribution < -0.4 is 11.1 Å². The highest BCUT2D eigenvalue weighted by molar-refractivity contribution is 5.45. The molecule has 0 bridgehead atoms. The van der Waals surface area contributed by atoms with Gasteiger partial charge >= 0.3 is 0 Å². The zero-order chi connectivity index (χ0) is 13.1. The van der Waals surface area contributed by atoms with Gasteiger partial charge in [0.25, 0.3) is 0 Å². The van der Waals surface area contributed by atoms with Crippen molar-refractivity contribution < 1.29 is 0 Å². The van der Waals surface area contributed by atoms with Gasteiger partial charge in [0.2, 0.25) is 0 Å². The monoisotopic (exact) mass is 243 g/mol. The third-order valence-corrected chi connectivity index (χ3v) is 2.74. The maximum absolute atomic E-state index is 5.93. The average Bonchev–Trinajstić information content (AvgIpc) is 2.37. The van der Waals surface area contributed by atoms with E-state index in [1.807, 2.05) is 27.0 Å². The fraction of sp³-hybridized carbons (Fsp3) is 0.308. The number of anilines is 1. The summed E-state index contributed by atoms with van der Waals surface area (Å²) < 4.78 is 0.